The van der Waals surface area contributed by atoms with Crippen LogP contribution in [0.5, 0.6) is 0 Å². The zero-order valence-electron chi connectivity index (χ0n) is 11.0. The Kier molecular flexibility index (Phi) is 4.79. The Hall–Kier alpha value is -1.67. The Morgan fingerprint density at radius 2 is 2.00 bits per heavy atom. The van der Waals surface area contributed by atoms with Crippen LogP contribution < -0.4 is 10.6 Å². The van der Waals surface area contributed by atoms with Crippen molar-refractivity contribution in [3.05, 3.63) is 28.5 Å². The Morgan fingerprint density at radius 1 is 1.33 bits per heavy atom. The molecule has 0 atom stereocenters. The SMILES string of the molecule is O=C(Nc1ccc(F)cc1Br)NC1(C(=O)O)CCOCC1. The number of anilines is 1. The first-order valence-corrected chi connectivity index (χ1v) is 7.08. The molecule has 2 amide bonds. The lowest BCUT2D eigenvalue weighted by Gasteiger charge is -2.33. The van der Waals surface area contributed by atoms with Crippen LogP contribution >= 0.6 is 15.9 Å². The second-order valence-corrected chi connectivity index (χ2v) is 5.56. The molecule has 1 aliphatic rings. The van der Waals surface area contributed by atoms with E-state index in [2.05, 4.69) is 26.6 Å². The van der Waals surface area contributed by atoms with Crippen LogP contribution in [0, 0.1) is 5.82 Å². The summed E-state index contributed by atoms with van der Waals surface area (Å²) in [5.41, 5.74) is -0.990. The number of hydrogen-bond donors (Lipinski definition) is 3. The summed E-state index contributed by atoms with van der Waals surface area (Å²) in [6, 6.07) is 3.13. The number of carboxylic acids is 1. The largest absolute Gasteiger partial charge is 0.480 e. The molecule has 1 saturated heterocycles. The van der Waals surface area contributed by atoms with Gasteiger partial charge in [-0.25, -0.2) is 14.0 Å². The lowest BCUT2D eigenvalue weighted by atomic mass is 9.90. The highest BCUT2D eigenvalue weighted by Crippen LogP contribution is 2.24. The van der Waals surface area contributed by atoms with E-state index in [1.54, 1.807) is 0 Å². The number of halogens is 2. The molecule has 1 heterocycles. The first-order chi connectivity index (χ1) is 9.93. The van der Waals surface area contributed by atoms with Crippen LogP contribution in [0.2, 0.25) is 0 Å². The van der Waals surface area contributed by atoms with Gasteiger partial charge in [-0.2, -0.15) is 0 Å². The number of aliphatic carboxylic acids is 1. The van der Waals surface area contributed by atoms with Crippen molar-refractivity contribution >= 4 is 33.6 Å². The van der Waals surface area contributed by atoms with Gasteiger partial charge in [-0.1, -0.05) is 0 Å². The summed E-state index contributed by atoms with van der Waals surface area (Å²) < 4.78 is 18.5. The zero-order valence-corrected chi connectivity index (χ0v) is 12.6. The molecule has 0 aromatic heterocycles. The first-order valence-electron chi connectivity index (χ1n) is 6.28. The molecular weight excluding hydrogens is 347 g/mol. The van der Waals surface area contributed by atoms with Crippen LogP contribution in [0.1, 0.15) is 12.8 Å². The van der Waals surface area contributed by atoms with Gasteiger partial charge in [0.1, 0.15) is 11.4 Å². The van der Waals surface area contributed by atoms with E-state index in [4.69, 9.17) is 4.74 Å². The highest BCUT2D eigenvalue weighted by atomic mass is 79.9. The zero-order chi connectivity index (χ0) is 15.5. The number of hydrogen-bond acceptors (Lipinski definition) is 3. The summed E-state index contributed by atoms with van der Waals surface area (Å²) in [6.07, 6.45) is 0.390. The van der Waals surface area contributed by atoms with Crippen molar-refractivity contribution in [1.29, 1.82) is 0 Å². The maximum atomic E-state index is 13.0. The van der Waals surface area contributed by atoms with Crippen molar-refractivity contribution in [1.82, 2.24) is 5.32 Å². The molecule has 1 aliphatic heterocycles. The molecule has 0 spiro atoms. The first kappa shape index (κ1) is 15.7. The van der Waals surface area contributed by atoms with E-state index in [1.165, 1.54) is 18.2 Å². The average Bonchev–Trinajstić information content (AvgIpc) is 2.43. The van der Waals surface area contributed by atoms with Crippen LogP contribution in [0.15, 0.2) is 22.7 Å². The van der Waals surface area contributed by atoms with E-state index in [1.807, 2.05) is 0 Å². The third kappa shape index (κ3) is 3.70. The normalized spacial score (nSPS) is 17.0. The van der Waals surface area contributed by atoms with Crippen LogP contribution in [-0.2, 0) is 9.53 Å². The molecular formula is C13H14BrFN2O4. The Morgan fingerprint density at radius 3 is 2.57 bits per heavy atom. The molecule has 1 fully saturated rings. The molecule has 21 heavy (non-hydrogen) atoms. The van der Waals surface area contributed by atoms with E-state index in [0.717, 1.165) is 0 Å². The van der Waals surface area contributed by atoms with E-state index in [0.29, 0.717) is 10.2 Å². The van der Waals surface area contributed by atoms with Gasteiger partial charge in [-0.15, -0.1) is 0 Å². The second kappa shape index (κ2) is 6.40. The molecule has 0 unspecified atom stereocenters. The van der Waals surface area contributed by atoms with Crippen molar-refractivity contribution in [3.63, 3.8) is 0 Å². The summed E-state index contributed by atoms with van der Waals surface area (Å²) in [7, 11) is 0. The van der Waals surface area contributed by atoms with E-state index in [-0.39, 0.29) is 26.1 Å². The fraction of sp³-hybridized carbons (Fsp3) is 0.385. The van der Waals surface area contributed by atoms with Crippen molar-refractivity contribution in [2.75, 3.05) is 18.5 Å². The quantitative estimate of drug-likeness (QED) is 0.771. The monoisotopic (exact) mass is 360 g/mol. The van der Waals surface area contributed by atoms with Gasteiger partial charge >= 0.3 is 12.0 Å². The molecule has 114 valence electrons. The van der Waals surface area contributed by atoms with Crippen LogP contribution in [-0.4, -0.2) is 35.9 Å². The summed E-state index contributed by atoms with van der Waals surface area (Å²) in [5, 5.41) is 14.3. The third-order valence-corrected chi connectivity index (χ3v) is 3.94. The third-order valence-electron chi connectivity index (χ3n) is 3.29. The molecule has 6 nitrogen and oxygen atoms in total. The number of benzene rings is 1. The van der Waals surface area contributed by atoms with E-state index >= 15 is 0 Å². The predicted molar refractivity (Wildman–Crippen MR) is 76.7 cm³/mol. The van der Waals surface area contributed by atoms with Gasteiger partial charge in [0.15, 0.2) is 0 Å². The van der Waals surface area contributed by atoms with Gasteiger partial charge in [0, 0.05) is 30.5 Å². The molecule has 0 bridgehead atoms. The maximum Gasteiger partial charge on any atom is 0.329 e. The smallest absolute Gasteiger partial charge is 0.329 e. The van der Waals surface area contributed by atoms with Gasteiger partial charge < -0.3 is 20.5 Å². The number of carbonyl (C=O) groups excluding carboxylic acids is 1. The Balaban J connectivity index is 2.07. The topological polar surface area (TPSA) is 87.7 Å². The van der Waals surface area contributed by atoms with E-state index < -0.39 is 23.4 Å². The number of urea groups is 1. The van der Waals surface area contributed by atoms with Crippen molar-refractivity contribution in [3.8, 4) is 0 Å². The molecule has 1 aromatic carbocycles. The fourth-order valence-corrected chi connectivity index (χ4v) is 2.52. The minimum absolute atomic E-state index is 0.195. The lowest BCUT2D eigenvalue weighted by Crippen LogP contribution is -2.58. The van der Waals surface area contributed by atoms with Gasteiger partial charge in [0.2, 0.25) is 0 Å². The summed E-state index contributed by atoms with van der Waals surface area (Å²) in [4.78, 5) is 23.4. The number of carboxylic acid groups (broad SMARTS) is 1. The van der Waals surface area contributed by atoms with Gasteiger partial charge in [0.05, 0.1) is 5.69 Å². The Bertz CT molecular complexity index is 561. The lowest BCUT2D eigenvalue weighted by molar-refractivity contribution is -0.148. The molecule has 0 radical (unpaired) electrons. The summed E-state index contributed by atoms with van der Waals surface area (Å²) in [5.74, 6) is -1.54. The van der Waals surface area contributed by atoms with Crippen molar-refractivity contribution in [2.45, 2.75) is 18.4 Å². The van der Waals surface area contributed by atoms with Crippen LogP contribution in [0.3, 0.4) is 0 Å². The predicted octanol–water partition coefficient (Wildman–Crippen LogP) is 2.34. The minimum atomic E-state index is -1.34. The number of ether oxygens (including phenoxy) is 1. The van der Waals surface area contributed by atoms with Gasteiger partial charge in [-0.05, 0) is 34.1 Å². The molecule has 0 saturated carbocycles. The second-order valence-electron chi connectivity index (χ2n) is 4.70. The summed E-state index contributed by atoms with van der Waals surface area (Å²) >= 11 is 3.12. The van der Waals surface area contributed by atoms with Crippen LogP contribution in [0.25, 0.3) is 0 Å². The van der Waals surface area contributed by atoms with Crippen molar-refractivity contribution < 1.29 is 23.8 Å². The molecule has 8 heteroatoms. The molecule has 0 aliphatic carbocycles. The maximum absolute atomic E-state index is 13.0. The highest BCUT2D eigenvalue weighted by Gasteiger charge is 2.41. The molecule has 2 rings (SSSR count). The molecule has 1 aromatic rings. The number of carbonyl (C=O) groups is 2. The average molecular weight is 361 g/mol. The fourth-order valence-electron chi connectivity index (χ4n) is 2.07. The number of amides is 2. The van der Waals surface area contributed by atoms with Gasteiger partial charge in [-0.3, -0.25) is 0 Å². The highest BCUT2D eigenvalue weighted by molar-refractivity contribution is 9.10. The molecule has 3 N–H and O–H groups in total. The van der Waals surface area contributed by atoms with Crippen molar-refractivity contribution in [2.24, 2.45) is 0 Å². The standard InChI is InChI=1S/C13H14BrFN2O4/c14-9-7-8(15)1-2-10(9)16-12(20)17-13(11(18)19)3-5-21-6-4-13/h1-2,7H,3-6H2,(H,18,19)(H2,16,17,20). The number of rotatable bonds is 3. The Labute approximate surface area is 128 Å². The van der Waals surface area contributed by atoms with E-state index in [9.17, 15) is 19.1 Å². The number of nitrogens with one attached hydrogen (secondary N) is 2. The minimum Gasteiger partial charge on any atom is -0.480 e. The van der Waals surface area contributed by atoms with Gasteiger partial charge in [0.25, 0.3) is 0 Å². The van der Waals surface area contributed by atoms with Crippen LogP contribution in [0.4, 0.5) is 14.9 Å². The summed E-state index contributed by atoms with van der Waals surface area (Å²) in [6.45, 7) is 0.541.